The zero-order valence-electron chi connectivity index (χ0n) is 34.1. The number of hydrogen-bond donors (Lipinski definition) is 11. The van der Waals surface area contributed by atoms with Crippen molar-refractivity contribution in [3.63, 3.8) is 0 Å². The average molecular weight is 846 g/mol. The number of nitrogens with two attached hydrogens (primary N) is 2. The Kier molecular flexibility index (Phi) is 17.7. The number of amides is 9. The van der Waals surface area contributed by atoms with E-state index in [2.05, 4.69) is 47.5 Å². The standard InChI is InChI=1S/C41H55N11O9/c1-23-37(57)51-33(20-26-21-46-28-12-7-6-11-27(26)28)41(61)49-29(36(43)56)14-15-34(54)44-18-8-13-30(48-35(55)22-45-24(2)53)38(58)50-31(16-17-42)39(59)52-32(40(60)47-23)19-25-9-4-3-5-10-25/h3-7,9-12,21,23,29-33,46H,8,13-20,22,42H2,1-2H3,(H2,43,56)(H,44,54)(H,45,53)(H,47,60)(H,48,55)(H,49,61)(H,50,58)(H,51,57)(H,52,59)/t23?,29?,30?,31-,32?,33-/m0/s1. The van der Waals surface area contributed by atoms with E-state index in [9.17, 15) is 43.2 Å². The van der Waals surface area contributed by atoms with Gasteiger partial charge in [-0.2, -0.15) is 0 Å². The highest BCUT2D eigenvalue weighted by atomic mass is 16.2. The van der Waals surface area contributed by atoms with Crippen LogP contribution in [0.1, 0.15) is 57.1 Å². The van der Waals surface area contributed by atoms with E-state index < -0.39 is 96.0 Å². The summed E-state index contributed by atoms with van der Waals surface area (Å²) in [4.78, 5) is 122. The van der Waals surface area contributed by atoms with Gasteiger partial charge in [-0.05, 0) is 56.3 Å². The smallest absolute Gasteiger partial charge is 0.243 e. The van der Waals surface area contributed by atoms with Crippen LogP contribution in [0.4, 0.5) is 0 Å². The Hall–Kier alpha value is -6.83. The molecule has 4 unspecified atom stereocenters. The number of aromatic nitrogens is 1. The van der Waals surface area contributed by atoms with E-state index in [1.807, 2.05) is 24.3 Å². The van der Waals surface area contributed by atoms with E-state index in [1.165, 1.54) is 13.8 Å². The highest BCUT2D eigenvalue weighted by Crippen LogP contribution is 2.19. The van der Waals surface area contributed by atoms with Crippen LogP contribution in [0.15, 0.2) is 60.8 Å². The third-order valence-corrected chi connectivity index (χ3v) is 9.95. The number of para-hydroxylation sites is 1. The summed E-state index contributed by atoms with van der Waals surface area (Å²) in [6, 6.07) is 8.41. The number of carbonyl (C=O) groups excluding carboxylic acids is 9. The lowest BCUT2D eigenvalue weighted by molar-refractivity contribution is -0.135. The van der Waals surface area contributed by atoms with Gasteiger partial charge in [0, 0.05) is 49.8 Å². The van der Waals surface area contributed by atoms with Crippen LogP contribution in [0.5, 0.6) is 0 Å². The molecule has 2 heterocycles. The summed E-state index contributed by atoms with van der Waals surface area (Å²) in [5.41, 5.74) is 13.6. The molecule has 1 aromatic heterocycles. The summed E-state index contributed by atoms with van der Waals surface area (Å²) in [5.74, 6) is -6.46. The normalized spacial score (nSPS) is 22.9. The van der Waals surface area contributed by atoms with Crippen LogP contribution in [0.3, 0.4) is 0 Å². The summed E-state index contributed by atoms with van der Waals surface area (Å²) in [7, 11) is 0. The number of hydrogen-bond acceptors (Lipinski definition) is 10. The molecule has 0 saturated carbocycles. The van der Waals surface area contributed by atoms with Crippen molar-refractivity contribution in [3.05, 3.63) is 71.9 Å². The van der Waals surface area contributed by atoms with Gasteiger partial charge < -0.3 is 59.0 Å². The molecule has 6 atom stereocenters. The third kappa shape index (κ3) is 14.7. The van der Waals surface area contributed by atoms with Gasteiger partial charge in [0.25, 0.3) is 0 Å². The minimum Gasteiger partial charge on any atom is -0.368 e. The molecular formula is C41H55N11O9. The van der Waals surface area contributed by atoms with Gasteiger partial charge in [0.1, 0.15) is 36.3 Å². The molecule has 0 radical (unpaired) electrons. The van der Waals surface area contributed by atoms with Crippen LogP contribution >= 0.6 is 0 Å². The van der Waals surface area contributed by atoms with Gasteiger partial charge in [-0.15, -0.1) is 0 Å². The number of fused-ring (bicyclic) bond motifs is 1. The van der Waals surface area contributed by atoms with Gasteiger partial charge >= 0.3 is 0 Å². The van der Waals surface area contributed by atoms with E-state index in [-0.39, 0.29) is 58.0 Å². The molecule has 3 aromatic rings. The minimum atomic E-state index is -1.31. The molecular weight excluding hydrogens is 791 g/mol. The number of nitrogens with one attached hydrogen (secondary N) is 9. The first-order chi connectivity index (χ1) is 29.1. The molecule has 1 aliphatic heterocycles. The lowest BCUT2D eigenvalue weighted by atomic mass is 10.0. The fourth-order valence-electron chi connectivity index (χ4n) is 6.62. The lowest BCUT2D eigenvalue weighted by Crippen LogP contribution is -2.60. The van der Waals surface area contributed by atoms with E-state index >= 15 is 0 Å². The summed E-state index contributed by atoms with van der Waals surface area (Å²) >= 11 is 0. The number of primary amides is 1. The van der Waals surface area contributed by atoms with Gasteiger partial charge in [-0.3, -0.25) is 43.2 Å². The van der Waals surface area contributed by atoms with Crippen LogP contribution in [0.25, 0.3) is 10.9 Å². The van der Waals surface area contributed by atoms with Crippen molar-refractivity contribution in [2.75, 3.05) is 19.6 Å². The monoisotopic (exact) mass is 845 g/mol. The van der Waals surface area contributed by atoms with Crippen LogP contribution in [-0.2, 0) is 56.0 Å². The molecule has 9 amide bonds. The van der Waals surface area contributed by atoms with Crippen LogP contribution < -0.4 is 54.0 Å². The van der Waals surface area contributed by atoms with Crippen molar-refractivity contribution in [3.8, 4) is 0 Å². The largest absolute Gasteiger partial charge is 0.368 e. The number of carbonyl (C=O) groups is 9. The molecule has 0 spiro atoms. The van der Waals surface area contributed by atoms with Gasteiger partial charge in [0.15, 0.2) is 0 Å². The van der Waals surface area contributed by atoms with Crippen molar-refractivity contribution >= 4 is 64.1 Å². The Morgan fingerprint density at radius 1 is 0.754 bits per heavy atom. The van der Waals surface area contributed by atoms with Gasteiger partial charge in [-0.1, -0.05) is 48.5 Å². The Morgan fingerprint density at radius 3 is 2.10 bits per heavy atom. The molecule has 0 bridgehead atoms. The van der Waals surface area contributed by atoms with E-state index in [0.717, 1.165) is 10.9 Å². The molecule has 1 fully saturated rings. The maximum atomic E-state index is 13.9. The first-order valence-electron chi connectivity index (χ1n) is 20.1. The van der Waals surface area contributed by atoms with Crippen molar-refractivity contribution in [1.29, 1.82) is 0 Å². The SMILES string of the molecule is CC(=O)NCC(=O)NC1CCCNC(=O)CCC(C(N)=O)NC(=O)[C@H](Cc2c[nH]c3ccccc23)NC(=O)C(C)NC(=O)C(Cc2ccccc2)NC(=O)[C@H](CCN)NC1=O. The van der Waals surface area contributed by atoms with E-state index in [4.69, 9.17) is 11.5 Å². The van der Waals surface area contributed by atoms with Crippen molar-refractivity contribution in [1.82, 2.24) is 47.5 Å². The highest BCUT2D eigenvalue weighted by Gasteiger charge is 2.33. The lowest BCUT2D eigenvalue weighted by Gasteiger charge is -2.26. The topological polar surface area (TPSA) is 318 Å². The molecule has 2 aromatic carbocycles. The molecule has 61 heavy (non-hydrogen) atoms. The second kappa shape index (κ2) is 23.1. The van der Waals surface area contributed by atoms with Gasteiger partial charge in [0.2, 0.25) is 53.2 Å². The molecule has 20 nitrogen and oxygen atoms in total. The average Bonchev–Trinajstić information content (AvgIpc) is 3.64. The number of aromatic amines is 1. The second-order valence-corrected chi connectivity index (χ2v) is 14.8. The molecule has 0 aliphatic carbocycles. The Balaban J connectivity index is 1.66. The molecule has 1 saturated heterocycles. The van der Waals surface area contributed by atoms with Crippen molar-refractivity contribution in [2.24, 2.45) is 11.5 Å². The van der Waals surface area contributed by atoms with Crippen molar-refractivity contribution in [2.45, 2.75) is 95.0 Å². The summed E-state index contributed by atoms with van der Waals surface area (Å²) < 4.78 is 0. The highest BCUT2D eigenvalue weighted by molar-refractivity contribution is 5.97. The minimum absolute atomic E-state index is 0.0232. The van der Waals surface area contributed by atoms with Crippen molar-refractivity contribution < 1.29 is 43.2 Å². The first kappa shape index (κ1) is 46.9. The predicted octanol–water partition coefficient (Wildman–Crippen LogP) is -2.46. The molecule has 328 valence electrons. The first-order valence-corrected chi connectivity index (χ1v) is 20.1. The van der Waals surface area contributed by atoms with Crippen LogP contribution in [0.2, 0.25) is 0 Å². The maximum absolute atomic E-state index is 13.9. The molecule has 1 aliphatic rings. The Morgan fingerprint density at radius 2 is 1.39 bits per heavy atom. The zero-order chi connectivity index (χ0) is 44.5. The second-order valence-electron chi connectivity index (χ2n) is 14.8. The van der Waals surface area contributed by atoms with Gasteiger partial charge in [0.05, 0.1) is 6.54 Å². The summed E-state index contributed by atoms with van der Waals surface area (Å²) in [5, 5.41) is 21.5. The molecule has 4 rings (SSSR count). The Bertz CT molecular complexity index is 2060. The number of H-pyrrole nitrogens is 1. The summed E-state index contributed by atoms with van der Waals surface area (Å²) in [6.45, 7) is 2.14. The van der Waals surface area contributed by atoms with Crippen LogP contribution in [-0.4, -0.2) is 114 Å². The predicted molar refractivity (Wildman–Crippen MR) is 222 cm³/mol. The molecule has 20 heteroatoms. The fourth-order valence-corrected chi connectivity index (χ4v) is 6.62. The van der Waals surface area contributed by atoms with Crippen LogP contribution in [0, 0.1) is 0 Å². The number of rotatable bonds is 10. The van der Waals surface area contributed by atoms with Gasteiger partial charge in [-0.25, -0.2) is 0 Å². The summed E-state index contributed by atoms with van der Waals surface area (Å²) in [6.07, 6.45) is 1.26. The fraction of sp³-hybridized carbons (Fsp3) is 0.439. The maximum Gasteiger partial charge on any atom is 0.243 e. The zero-order valence-corrected chi connectivity index (χ0v) is 34.1. The van der Waals surface area contributed by atoms with E-state index in [1.54, 1.807) is 36.5 Å². The molecule has 13 N–H and O–H groups in total. The third-order valence-electron chi connectivity index (χ3n) is 9.95. The number of benzene rings is 2. The van der Waals surface area contributed by atoms with E-state index in [0.29, 0.717) is 11.1 Å². The Labute approximate surface area is 352 Å². The quantitative estimate of drug-likeness (QED) is 0.102.